The fourth-order valence-electron chi connectivity index (χ4n) is 3.25. The number of hydrogen-bond acceptors (Lipinski definition) is 2. The number of rotatable bonds is 2. The number of halogens is 1. The molecule has 1 fully saturated rings. The van der Waals surface area contributed by atoms with E-state index in [4.69, 9.17) is 5.73 Å². The van der Waals surface area contributed by atoms with Gasteiger partial charge < -0.3 is 10.6 Å². The predicted molar refractivity (Wildman–Crippen MR) is 70.6 cm³/mol. The van der Waals surface area contributed by atoms with Crippen LogP contribution in [-0.2, 0) is 17.9 Å². The van der Waals surface area contributed by atoms with Gasteiger partial charge in [-0.05, 0) is 42.0 Å². The van der Waals surface area contributed by atoms with E-state index in [1.54, 1.807) is 11.0 Å². The van der Waals surface area contributed by atoms with Gasteiger partial charge in [-0.25, -0.2) is 4.39 Å². The Morgan fingerprint density at radius 3 is 2.68 bits per heavy atom. The van der Waals surface area contributed by atoms with Crippen molar-refractivity contribution in [3.63, 3.8) is 0 Å². The largest absolute Gasteiger partial charge is 0.333 e. The van der Waals surface area contributed by atoms with Gasteiger partial charge in [0.15, 0.2) is 0 Å². The van der Waals surface area contributed by atoms with Crippen LogP contribution >= 0.6 is 0 Å². The zero-order valence-electron chi connectivity index (χ0n) is 10.9. The predicted octanol–water partition coefficient (Wildman–Crippen LogP) is 2.19. The van der Waals surface area contributed by atoms with Crippen LogP contribution in [0.5, 0.6) is 0 Å². The molecule has 1 aromatic carbocycles. The molecular formula is C15H19FN2O. The summed E-state index contributed by atoms with van der Waals surface area (Å²) >= 11 is 0. The van der Waals surface area contributed by atoms with E-state index in [0.29, 0.717) is 19.0 Å². The highest BCUT2D eigenvalue weighted by Gasteiger charge is 2.33. The van der Waals surface area contributed by atoms with Crippen molar-refractivity contribution in [2.75, 3.05) is 0 Å². The molecule has 2 aliphatic rings. The molecule has 1 saturated carbocycles. The molecule has 1 atom stereocenters. The van der Waals surface area contributed by atoms with Crippen LogP contribution < -0.4 is 5.73 Å². The Labute approximate surface area is 112 Å². The summed E-state index contributed by atoms with van der Waals surface area (Å²) in [5.41, 5.74) is 8.05. The lowest BCUT2D eigenvalue weighted by Crippen LogP contribution is -2.45. The van der Waals surface area contributed by atoms with Gasteiger partial charge in [0.2, 0.25) is 5.91 Å². The maximum absolute atomic E-state index is 13.2. The maximum atomic E-state index is 13.2. The molecule has 2 N–H and O–H groups in total. The number of nitrogens with zero attached hydrogens (tertiary/aromatic N) is 1. The second-order valence-corrected chi connectivity index (χ2v) is 5.68. The van der Waals surface area contributed by atoms with Crippen molar-refractivity contribution in [1.29, 1.82) is 0 Å². The Morgan fingerprint density at radius 1 is 1.26 bits per heavy atom. The third-order valence-corrected chi connectivity index (χ3v) is 4.40. The third-order valence-electron chi connectivity index (χ3n) is 4.40. The van der Waals surface area contributed by atoms with E-state index in [2.05, 4.69) is 0 Å². The quantitative estimate of drug-likeness (QED) is 0.888. The first kappa shape index (κ1) is 12.6. The van der Waals surface area contributed by atoms with Gasteiger partial charge in [0.1, 0.15) is 5.82 Å². The molecule has 0 spiro atoms. The zero-order chi connectivity index (χ0) is 13.4. The average molecular weight is 262 g/mol. The van der Waals surface area contributed by atoms with Crippen LogP contribution in [0.15, 0.2) is 18.2 Å². The lowest BCUT2D eigenvalue weighted by atomic mass is 9.98. The number of amides is 1. The van der Waals surface area contributed by atoms with Crippen LogP contribution in [0.3, 0.4) is 0 Å². The molecule has 102 valence electrons. The van der Waals surface area contributed by atoms with Crippen LogP contribution in [0, 0.1) is 11.7 Å². The normalized spacial score (nSPS) is 20.6. The Bertz CT molecular complexity index is 497. The number of carbonyl (C=O) groups excluding carboxylic acids is 1. The summed E-state index contributed by atoms with van der Waals surface area (Å²) < 4.78 is 13.2. The maximum Gasteiger partial charge on any atom is 0.240 e. The first-order valence-electron chi connectivity index (χ1n) is 6.97. The van der Waals surface area contributed by atoms with Crippen LogP contribution in [0.2, 0.25) is 0 Å². The van der Waals surface area contributed by atoms with Crippen molar-refractivity contribution in [1.82, 2.24) is 4.90 Å². The number of nitrogens with two attached hydrogens (primary N) is 1. The number of fused-ring (bicyclic) bond motifs is 1. The Kier molecular flexibility index (Phi) is 3.27. The van der Waals surface area contributed by atoms with Crippen LogP contribution in [0.25, 0.3) is 0 Å². The molecule has 1 amide bonds. The van der Waals surface area contributed by atoms with Crippen molar-refractivity contribution < 1.29 is 9.18 Å². The summed E-state index contributed by atoms with van der Waals surface area (Å²) in [7, 11) is 0. The Hall–Kier alpha value is -1.42. The van der Waals surface area contributed by atoms with Gasteiger partial charge in [-0.2, -0.15) is 0 Å². The van der Waals surface area contributed by atoms with Gasteiger partial charge in [0, 0.05) is 13.1 Å². The van der Waals surface area contributed by atoms with Crippen molar-refractivity contribution in [2.45, 2.75) is 44.8 Å². The molecule has 4 heteroatoms. The SMILES string of the molecule is NC(C(=O)N1Cc2ccc(F)cc2C1)C1CCCC1. The molecule has 1 aromatic rings. The molecule has 3 rings (SSSR count). The molecule has 1 unspecified atom stereocenters. The molecule has 1 heterocycles. The lowest BCUT2D eigenvalue weighted by Gasteiger charge is -2.24. The monoisotopic (exact) mass is 262 g/mol. The number of benzene rings is 1. The lowest BCUT2D eigenvalue weighted by molar-refractivity contribution is -0.134. The second kappa shape index (κ2) is 4.93. The molecule has 0 bridgehead atoms. The second-order valence-electron chi connectivity index (χ2n) is 5.68. The standard InChI is InChI=1S/C15H19FN2O/c16-13-6-5-11-8-18(9-12(11)7-13)15(19)14(17)10-3-1-2-4-10/h5-7,10,14H,1-4,8-9,17H2. The molecule has 0 radical (unpaired) electrons. The fraction of sp³-hybridized carbons (Fsp3) is 0.533. The first-order chi connectivity index (χ1) is 9.15. The molecule has 0 aromatic heterocycles. The minimum absolute atomic E-state index is 0.0171. The zero-order valence-corrected chi connectivity index (χ0v) is 10.9. The fourth-order valence-corrected chi connectivity index (χ4v) is 3.25. The van der Waals surface area contributed by atoms with Gasteiger partial charge in [0.25, 0.3) is 0 Å². The van der Waals surface area contributed by atoms with E-state index in [9.17, 15) is 9.18 Å². The van der Waals surface area contributed by atoms with Crippen molar-refractivity contribution in [3.05, 3.63) is 35.1 Å². The van der Waals surface area contributed by atoms with Gasteiger partial charge in [-0.3, -0.25) is 4.79 Å². The van der Waals surface area contributed by atoms with E-state index in [-0.39, 0.29) is 17.8 Å². The molecule has 1 aliphatic heterocycles. The van der Waals surface area contributed by atoms with E-state index in [1.807, 2.05) is 0 Å². The van der Waals surface area contributed by atoms with Crippen LogP contribution in [0.4, 0.5) is 4.39 Å². The summed E-state index contributed by atoms with van der Waals surface area (Å²) in [6.07, 6.45) is 4.47. The Morgan fingerprint density at radius 2 is 1.95 bits per heavy atom. The van der Waals surface area contributed by atoms with Crippen molar-refractivity contribution in [2.24, 2.45) is 11.7 Å². The van der Waals surface area contributed by atoms with E-state index in [1.165, 1.54) is 25.0 Å². The third kappa shape index (κ3) is 2.37. The first-order valence-corrected chi connectivity index (χ1v) is 6.97. The topological polar surface area (TPSA) is 46.3 Å². The van der Waals surface area contributed by atoms with E-state index >= 15 is 0 Å². The summed E-state index contributed by atoms with van der Waals surface area (Å²) in [4.78, 5) is 14.1. The summed E-state index contributed by atoms with van der Waals surface area (Å²) in [6.45, 7) is 1.06. The van der Waals surface area contributed by atoms with E-state index in [0.717, 1.165) is 24.0 Å². The van der Waals surface area contributed by atoms with Gasteiger partial charge >= 0.3 is 0 Å². The molecule has 19 heavy (non-hydrogen) atoms. The Balaban J connectivity index is 1.70. The molecule has 0 saturated heterocycles. The van der Waals surface area contributed by atoms with Gasteiger partial charge in [-0.1, -0.05) is 18.9 Å². The van der Waals surface area contributed by atoms with Crippen molar-refractivity contribution >= 4 is 5.91 Å². The van der Waals surface area contributed by atoms with Crippen LogP contribution in [-0.4, -0.2) is 16.8 Å². The summed E-state index contributed by atoms with van der Waals surface area (Å²) in [6, 6.07) is 4.34. The molecule has 1 aliphatic carbocycles. The smallest absolute Gasteiger partial charge is 0.240 e. The minimum atomic E-state index is -0.387. The summed E-state index contributed by atoms with van der Waals surface area (Å²) in [5.74, 6) is 0.101. The molecule has 3 nitrogen and oxygen atoms in total. The highest BCUT2D eigenvalue weighted by Crippen LogP contribution is 2.30. The number of carbonyl (C=O) groups is 1. The van der Waals surface area contributed by atoms with E-state index < -0.39 is 0 Å². The highest BCUT2D eigenvalue weighted by atomic mass is 19.1. The van der Waals surface area contributed by atoms with Gasteiger partial charge in [-0.15, -0.1) is 0 Å². The highest BCUT2D eigenvalue weighted by molar-refractivity contribution is 5.82. The van der Waals surface area contributed by atoms with Crippen molar-refractivity contribution in [3.8, 4) is 0 Å². The van der Waals surface area contributed by atoms with Crippen LogP contribution in [0.1, 0.15) is 36.8 Å². The van der Waals surface area contributed by atoms with Gasteiger partial charge in [0.05, 0.1) is 6.04 Å². The molecular weight excluding hydrogens is 243 g/mol. The average Bonchev–Trinajstić information content (AvgIpc) is 3.05. The number of hydrogen-bond donors (Lipinski definition) is 1. The summed E-state index contributed by atoms with van der Waals surface area (Å²) in [5, 5.41) is 0. The minimum Gasteiger partial charge on any atom is -0.333 e.